The predicted molar refractivity (Wildman–Crippen MR) is 53.5 cm³/mol. The van der Waals surface area contributed by atoms with Gasteiger partial charge in [0.05, 0.1) is 13.8 Å². The molecule has 0 fully saturated rings. The van der Waals surface area contributed by atoms with E-state index in [9.17, 15) is 0 Å². The lowest BCUT2D eigenvalue weighted by atomic mass is 9.93. The van der Waals surface area contributed by atoms with Crippen LogP contribution in [0.2, 0.25) is 0 Å². The van der Waals surface area contributed by atoms with Crippen LogP contribution < -0.4 is 0 Å². The molecule has 0 heterocycles. The van der Waals surface area contributed by atoms with Crippen LogP contribution >= 0.6 is 7.55 Å². The Labute approximate surface area is 66.4 Å². The second-order valence-electron chi connectivity index (χ2n) is 3.66. The second kappa shape index (κ2) is 4.13. The van der Waals surface area contributed by atoms with Crippen molar-refractivity contribution >= 4 is 13.8 Å². The summed E-state index contributed by atoms with van der Waals surface area (Å²) in [4.78, 5) is 0. The highest BCUT2D eigenvalue weighted by molar-refractivity contribution is 7.55. The van der Waals surface area contributed by atoms with E-state index in [1.807, 2.05) is 0 Å². The Bertz CT molecular complexity index is 114. The highest BCUT2D eigenvalue weighted by atomic mass is 31.1. The van der Waals surface area contributed by atoms with Gasteiger partial charge in [-0.3, -0.25) is 0 Å². The highest BCUT2D eigenvalue weighted by Gasteiger charge is 2.21. The van der Waals surface area contributed by atoms with E-state index in [0.29, 0.717) is 5.41 Å². The van der Waals surface area contributed by atoms with E-state index in [1.54, 1.807) is 0 Å². The van der Waals surface area contributed by atoms with Crippen molar-refractivity contribution in [1.29, 1.82) is 0 Å². The molecule has 10 heavy (non-hydrogen) atoms. The monoisotopic (exact) mass is 159 g/mol. The molecule has 0 amide bonds. The zero-order valence-electron chi connectivity index (χ0n) is 7.78. The van der Waals surface area contributed by atoms with Crippen molar-refractivity contribution in [3.05, 3.63) is 0 Å². The van der Waals surface area contributed by atoms with Gasteiger partial charge in [-0.05, 0) is 13.3 Å². The van der Waals surface area contributed by atoms with Gasteiger partial charge in [0.2, 0.25) is 0 Å². The molecule has 0 saturated heterocycles. The molecule has 1 heteroatoms. The minimum absolute atomic E-state index is 0.0778. The summed E-state index contributed by atoms with van der Waals surface area (Å²) in [5.74, 6) is 0. The largest absolute Gasteiger partial charge is 0.111 e. The average molecular weight is 159 g/mol. The molecular formula is C9H20P+. The molecule has 0 rings (SSSR count). The van der Waals surface area contributed by atoms with Gasteiger partial charge in [-0.25, -0.2) is 0 Å². The molecule has 0 aromatic rings. The first kappa shape index (κ1) is 10.2. The third kappa shape index (κ3) is 4.06. The van der Waals surface area contributed by atoms with Gasteiger partial charge in [0.15, 0.2) is 0 Å². The second-order valence-corrected chi connectivity index (χ2v) is 5.95. The molecular weight excluding hydrogens is 139 g/mol. The van der Waals surface area contributed by atoms with E-state index in [-0.39, 0.29) is 7.55 Å². The molecule has 0 aliphatic heterocycles. The fourth-order valence-corrected chi connectivity index (χ4v) is 2.49. The van der Waals surface area contributed by atoms with Crippen molar-refractivity contribution in [2.45, 2.75) is 34.1 Å². The van der Waals surface area contributed by atoms with E-state index in [4.69, 9.17) is 0 Å². The van der Waals surface area contributed by atoms with Crippen molar-refractivity contribution in [2.75, 3.05) is 12.3 Å². The van der Waals surface area contributed by atoms with Crippen LogP contribution in [0, 0.1) is 5.41 Å². The van der Waals surface area contributed by atoms with Crippen molar-refractivity contribution in [3.8, 4) is 0 Å². The quantitative estimate of drug-likeness (QED) is 0.552. The lowest BCUT2D eigenvalue weighted by Gasteiger charge is -2.17. The normalized spacial score (nSPS) is 13.4. The SMILES string of the molecule is C=[P+](CC)CC(C)(C)CC. The Kier molecular flexibility index (Phi) is 4.20. The molecule has 0 radical (unpaired) electrons. The van der Waals surface area contributed by atoms with Crippen LogP contribution in [-0.4, -0.2) is 18.6 Å². The molecule has 0 bridgehead atoms. The first-order valence-corrected chi connectivity index (χ1v) is 5.97. The zero-order chi connectivity index (χ0) is 8.20. The summed E-state index contributed by atoms with van der Waals surface area (Å²) in [6, 6.07) is 0. The zero-order valence-corrected chi connectivity index (χ0v) is 8.67. The maximum Gasteiger partial charge on any atom is 0.111 e. The van der Waals surface area contributed by atoms with Crippen molar-refractivity contribution in [1.82, 2.24) is 0 Å². The van der Waals surface area contributed by atoms with Gasteiger partial charge in [0, 0.05) is 5.41 Å². The maximum absolute atomic E-state index is 4.15. The summed E-state index contributed by atoms with van der Waals surface area (Å²) < 4.78 is 0. The molecule has 0 spiro atoms. The minimum atomic E-state index is 0.0778. The van der Waals surface area contributed by atoms with E-state index >= 15 is 0 Å². The average Bonchev–Trinajstić information content (AvgIpc) is 1.87. The van der Waals surface area contributed by atoms with Crippen molar-refractivity contribution < 1.29 is 0 Å². The molecule has 1 unspecified atom stereocenters. The van der Waals surface area contributed by atoms with Gasteiger partial charge in [-0.15, -0.1) is 0 Å². The van der Waals surface area contributed by atoms with Crippen molar-refractivity contribution in [2.24, 2.45) is 5.41 Å². The summed E-state index contributed by atoms with van der Waals surface area (Å²) in [6.45, 7) is 9.18. The summed E-state index contributed by atoms with van der Waals surface area (Å²) in [5.41, 5.74) is 0.531. The van der Waals surface area contributed by atoms with Crippen LogP contribution in [-0.2, 0) is 0 Å². The highest BCUT2D eigenvalue weighted by Crippen LogP contribution is 2.32. The molecule has 0 saturated carbocycles. The van der Waals surface area contributed by atoms with Gasteiger partial charge < -0.3 is 0 Å². The first-order valence-electron chi connectivity index (χ1n) is 4.07. The fraction of sp³-hybridized carbons (Fsp3) is 0.889. The standard InChI is InChI=1S/C9H20P/c1-6-9(3,4)8-10(5)7-2/h5-8H2,1-4H3/q+1. The van der Waals surface area contributed by atoms with Crippen LogP contribution in [0.3, 0.4) is 0 Å². The summed E-state index contributed by atoms with van der Waals surface area (Å²) in [6.07, 6.45) is 8.04. The molecule has 0 aromatic heterocycles. The Morgan fingerprint density at radius 2 is 1.80 bits per heavy atom. The van der Waals surface area contributed by atoms with E-state index in [0.717, 1.165) is 0 Å². The van der Waals surface area contributed by atoms with E-state index < -0.39 is 0 Å². The molecule has 0 aromatic carbocycles. The van der Waals surface area contributed by atoms with E-state index in [2.05, 4.69) is 34.0 Å². The lowest BCUT2D eigenvalue weighted by molar-refractivity contribution is 0.406. The Morgan fingerprint density at radius 3 is 2.10 bits per heavy atom. The molecule has 1 atom stereocenters. The van der Waals surface area contributed by atoms with Gasteiger partial charge in [0.25, 0.3) is 0 Å². The summed E-state index contributed by atoms with van der Waals surface area (Å²) in [7, 11) is 0.0778. The van der Waals surface area contributed by atoms with Crippen LogP contribution in [0.4, 0.5) is 0 Å². The number of hydrogen-bond acceptors (Lipinski definition) is 0. The first-order chi connectivity index (χ1) is 4.52. The number of hydrogen-bond donors (Lipinski definition) is 0. The number of rotatable bonds is 4. The maximum atomic E-state index is 4.15. The summed E-state index contributed by atoms with van der Waals surface area (Å²) in [5, 5.41) is 0. The summed E-state index contributed by atoms with van der Waals surface area (Å²) >= 11 is 0. The van der Waals surface area contributed by atoms with E-state index in [1.165, 1.54) is 18.7 Å². The van der Waals surface area contributed by atoms with Crippen LogP contribution in [0.1, 0.15) is 34.1 Å². The topological polar surface area (TPSA) is 0 Å². The minimum Gasteiger partial charge on any atom is -0.0647 e. The van der Waals surface area contributed by atoms with Gasteiger partial charge >= 0.3 is 0 Å². The van der Waals surface area contributed by atoms with Crippen LogP contribution in [0.25, 0.3) is 0 Å². The fourth-order valence-electron chi connectivity index (χ4n) is 0.829. The molecule has 0 aliphatic carbocycles. The Hall–Kier alpha value is 0.170. The smallest absolute Gasteiger partial charge is 0.0647 e. The van der Waals surface area contributed by atoms with Crippen molar-refractivity contribution in [3.63, 3.8) is 0 Å². The molecule has 0 nitrogen and oxygen atoms in total. The molecule has 0 N–H and O–H groups in total. The van der Waals surface area contributed by atoms with Crippen LogP contribution in [0.5, 0.6) is 0 Å². The third-order valence-corrected chi connectivity index (χ3v) is 4.25. The third-order valence-electron chi connectivity index (χ3n) is 2.06. The van der Waals surface area contributed by atoms with Gasteiger partial charge in [0.1, 0.15) is 12.3 Å². The Morgan fingerprint density at radius 1 is 1.30 bits per heavy atom. The molecule has 60 valence electrons. The van der Waals surface area contributed by atoms with Gasteiger partial charge in [-0.2, -0.15) is 0 Å². The molecule has 0 aliphatic rings. The Balaban J connectivity index is 3.76. The lowest BCUT2D eigenvalue weighted by Crippen LogP contribution is -2.12. The van der Waals surface area contributed by atoms with Crippen LogP contribution in [0.15, 0.2) is 0 Å². The predicted octanol–water partition coefficient (Wildman–Crippen LogP) is 3.36. The van der Waals surface area contributed by atoms with Gasteiger partial charge in [-0.1, -0.05) is 20.8 Å².